The lowest BCUT2D eigenvalue weighted by atomic mass is 10.0. The lowest BCUT2D eigenvalue weighted by molar-refractivity contribution is -0.137. The molecule has 0 unspecified atom stereocenters. The summed E-state index contributed by atoms with van der Waals surface area (Å²) in [6, 6.07) is 4.67. The molecule has 210 valence electrons. The zero-order chi connectivity index (χ0) is 28.3. The van der Waals surface area contributed by atoms with Crippen LogP contribution in [0.15, 0.2) is 18.2 Å². The van der Waals surface area contributed by atoms with Crippen LogP contribution in [-0.2, 0) is 25.7 Å². The van der Waals surface area contributed by atoms with Gasteiger partial charge in [0.15, 0.2) is 5.11 Å². The van der Waals surface area contributed by atoms with Crippen molar-refractivity contribution in [3.8, 4) is 6.07 Å². The average molecular weight is 576 g/mol. The van der Waals surface area contributed by atoms with Gasteiger partial charge in [-0.1, -0.05) is 0 Å². The average Bonchev–Trinajstić information content (AvgIpc) is 3.03. The highest BCUT2D eigenvalue weighted by atomic mass is 32.2. The SMILES string of the molecule is COCCS(=O)(=O)N1CCN(CCCCN2C(=S)N(c3ccc(C#N)c(C(F)(F)F)c3)C(=O)C2(C)C)CC1. The second-order valence-corrected chi connectivity index (χ2v) is 12.2. The molecule has 0 aromatic heterocycles. The van der Waals surface area contributed by atoms with Gasteiger partial charge in [0.2, 0.25) is 10.0 Å². The number of nitrogens with zero attached hydrogens (tertiary/aromatic N) is 5. The molecule has 0 radical (unpaired) electrons. The van der Waals surface area contributed by atoms with Crippen molar-refractivity contribution in [1.29, 1.82) is 5.26 Å². The van der Waals surface area contributed by atoms with Gasteiger partial charge in [0.1, 0.15) is 5.54 Å². The van der Waals surface area contributed by atoms with Crippen molar-refractivity contribution in [2.75, 3.05) is 63.6 Å². The van der Waals surface area contributed by atoms with E-state index >= 15 is 0 Å². The minimum absolute atomic E-state index is 0.0276. The van der Waals surface area contributed by atoms with Crippen LogP contribution in [0.3, 0.4) is 0 Å². The van der Waals surface area contributed by atoms with Gasteiger partial charge in [-0.25, -0.2) is 8.42 Å². The number of hydrogen-bond donors (Lipinski definition) is 0. The fourth-order valence-electron chi connectivity index (χ4n) is 4.60. The topological polar surface area (TPSA) is 97.2 Å². The monoisotopic (exact) mass is 575 g/mol. The van der Waals surface area contributed by atoms with Crippen LogP contribution < -0.4 is 4.90 Å². The van der Waals surface area contributed by atoms with Gasteiger partial charge >= 0.3 is 6.18 Å². The first-order chi connectivity index (χ1) is 17.7. The van der Waals surface area contributed by atoms with Crippen LogP contribution in [-0.4, -0.2) is 97.8 Å². The van der Waals surface area contributed by atoms with Gasteiger partial charge in [-0.3, -0.25) is 9.69 Å². The lowest BCUT2D eigenvalue weighted by Crippen LogP contribution is -2.49. The van der Waals surface area contributed by atoms with E-state index in [1.54, 1.807) is 18.7 Å². The number of sulfonamides is 1. The normalized spacial score (nSPS) is 19.3. The summed E-state index contributed by atoms with van der Waals surface area (Å²) in [5, 5.41) is 9.18. The van der Waals surface area contributed by atoms with E-state index in [1.165, 1.54) is 23.6 Å². The fourth-order valence-corrected chi connectivity index (χ4v) is 6.46. The molecule has 2 aliphatic heterocycles. The Kier molecular flexibility index (Phi) is 9.41. The van der Waals surface area contributed by atoms with Crippen molar-refractivity contribution in [3.05, 3.63) is 29.3 Å². The Hall–Kier alpha value is -2.31. The number of carbonyl (C=O) groups is 1. The molecule has 2 saturated heterocycles. The molecule has 2 heterocycles. The van der Waals surface area contributed by atoms with Crippen molar-refractivity contribution in [2.45, 2.75) is 38.4 Å². The number of amides is 1. The standard InChI is InChI=1S/C24H32F3N5O4S2/c1-23(2)21(33)32(19-7-6-18(17-28)20(16-19)24(25,26)27)22(37)31(23)9-5-4-8-29-10-12-30(13-11-29)38(34,35)15-14-36-3/h6-7,16H,4-5,8-15H2,1-3H3. The third kappa shape index (κ3) is 6.45. The number of ether oxygens (including phenoxy) is 1. The number of alkyl halides is 3. The summed E-state index contributed by atoms with van der Waals surface area (Å²) in [5.41, 5.74) is -2.72. The summed E-state index contributed by atoms with van der Waals surface area (Å²) < 4.78 is 71.4. The number of halogens is 3. The Morgan fingerprint density at radius 3 is 2.34 bits per heavy atom. The van der Waals surface area contributed by atoms with Crippen LogP contribution in [0.1, 0.15) is 37.8 Å². The Labute approximate surface area is 226 Å². The number of hydrogen-bond acceptors (Lipinski definition) is 7. The number of carbonyl (C=O) groups excluding carboxylic acids is 1. The highest BCUT2D eigenvalue weighted by Gasteiger charge is 2.49. The highest BCUT2D eigenvalue weighted by Crippen LogP contribution is 2.38. The number of nitriles is 1. The number of benzene rings is 1. The van der Waals surface area contributed by atoms with Crippen LogP contribution in [0.5, 0.6) is 0 Å². The zero-order valence-electron chi connectivity index (χ0n) is 21.6. The minimum Gasteiger partial charge on any atom is -0.384 e. The second kappa shape index (κ2) is 11.8. The quantitative estimate of drug-likeness (QED) is 0.310. The number of piperazine rings is 1. The summed E-state index contributed by atoms with van der Waals surface area (Å²) in [4.78, 5) is 18.2. The van der Waals surface area contributed by atoms with E-state index in [4.69, 9.17) is 22.2 Å². The molecule has 2 fully saturated rings. The number of unbranched alkanes of at least 4 members (excludes halogenated alkanes) is 1. The maximum atomic E-state index is 13.5. The Morgan fingerprint density at radius 1 is 1.13 bits per heavy atom. The number of thiocarbonyl (C=S) groups is 1. The van der Waals surface area contributed by atoms with Crippen LogP contribution in [0.4, 0.5) is 18.9 Å². The molecule has 9 nitrogen and oxygen atoms in total. The molecule has 0 bridgehead atoms. The summed E-state index contributed by atoms with van der Waals surface area (Å²) >= 11 is 5.52. The minimum atomic E-state index is -4.75. The first-order valence-corrected chi connectivity index (χ1v) is 14.2. The first-order valence-electron chi connectivity index (χ1n) is 12.2. The van der Waals surface area contributed by atoms with Gasteiger partial charge < -0.3 is 14.5 Å². The number of methoxy groups -OCH3 is 1. The van der Waals surface area contributed by atoms with Crippen LogP contribution in [0, 0.1) is 11.3 Å². The third-order valence-electron chi connectivity index (χ3n) is 6.89. The Morgan fingerprint density at radius 2 is 1.76 bits per heavy atom. The van der Waals surface area contributed by atoms with Crippen molar-refractivity contribution in [2.24, 2.45) is 0 Å². The molecule has 38 heavy (non-hydrogen) atoms. The van der Waals surface area contributed by atoms with Gasteiger partial charge in [0.05, 0.1) is 35.2 Å². The van der Waals surface area contributed by atoms with Crippen molar-refractivity contribution < 1.29 is 31.1 Å². The molecule has 0 aliphatic carbocycles. The maximum Gasteiger partial charge on any atom is 0.417 e. The Balaban J connectivity index is 1.58. The lowest BCUT2D eigenvalue weighted by Gasteiger charge is -2.34. The molecule has 0 saturated carbocycles. The predicted octanol–water partition coefficient (Wildman–Crippen LogP) is 2.66. The second-order valence-electron chi connectivity index (χ2n) is 9.73. The first kappa shape index (κ1) is 30.2. The smallest absolute Gasteiger partial charge is 0.384 e. The summed E-state index contributed by atoms with van der Waals surface area (Å²) in [5.74, 6) is -0.476. The van der Waals surface area contributed by atoms with Gasteiger partial charge in [-0.15, -0.1) is 0 Å². The molecule has 14 heteroatoms. The molecule has 1 aromatic carbocycles. The molecule has 1 amide bonds. The molecule has 0 atom stereocenters. The van der Waals surface area contributed by atoms with E-state index in [0.717, 1.165) is 30.0 Å². The van der Waals surface area contributed by atoms with Crippen LogP contribution in [0.2, 0.25) is 0 Å². The molecule has 3 rings (SSSR count). The van der Waals surface area contributed by atoms with Gasteiger partial charge in [0, 0.05) is 39.8 Å². The molecule has 0 N–H and O–H groups in total. The van der Waals surface area contributed by atoms with E-state index in [9.17, 15) is 26.4 Å². The summed E-state index contributed by atoms with van der Waals surface area (Å²) in [6.07, 6.45) is -3.30. The van der Waals surface area contributed by atoms with Crippen molar-refractivity contribution in [3.63, 3.8) is 0 Å². The van der Waals surface area contributed by atoms with Crippen LogP contribution >= 0.6 is 12.2 Å². The van der Waals surface area contributed by atoms with E-state index in [1.807, 2.05) is 0 Å². The predicted molar refractivity (Wildman–Crippen MR) is 140 cm³/mol. The number of anilines is 1. The van der Waals surface area contributed by atoms with Gasteiger partial charge in [-0.2, -0.15) is 22.7 Å². The molecular formula is C24H32F3N5O4S2. The summed E-state index contributed by atoms with van der Waals surface area (Å²) in [6.45, 7) is 6.77. The van der Waals surface area contributed by atoms with Crippen LogP contribution in [0.25, 0.3) is 0 Å². The van der Waals surface area contributed by atoms with Crippen molar-refractivity contribution >= 4 is 38.9 Å². The highest BCUT2D eigenvalue weighted by molar-refractivity contribution is 7.89. The van der Waals surface area contributed by atoms with Gasteiger partial charge in [-0.05, 0) is 63.7 Å². The molecule has 2 aliphatic rings. The van der Waals surface area contributed by atoms with E-state index in [0.29, 0.717) is 39.1 Å². The maximum absolute atomic E-state index is 13.5. The third-order valence-corrected chi connectivity index (χ3v) is 9.12. The number of rotatable bonds is 10. The van der Waals surface area contributed by atoms with E-state index < -0.39 is 38.8 Å². The molecule has 0 spiro atoms. The largest absolute Gasteiger partial charge is 0.417 e. The molecule has 1 aromatic rings. The van der Waals surface area contributed by atoms with Gasteiger partial charge in [0.25, 0.3) is 5.91 Å². The van der Waals surface area contributed by atoms with E-state index in [-0.39, 0.29) is 23.2 Å². The summed E-state index contributed by atoms with van der Waals surface area (Å²) in [7, 11) is -1.86. The Bertz CT molecular complexity index is 1190. The van der Waals surface area contributed by atoms with Crippen molar-refractivity contribution in [1.82, 2.24) is 14.1 Å². The fraction of sp³-hybridized carbons (Fsp3) is 0.625. The van der Waals surface area contributed by atoms with E-state index in [2.05, 4.69) is 4.90 Å². The molecular weight excluding hydrogens is 543 g/mol. The zero-order valence-corrected chi connectivity index (χ0v) is 23.3.